The third kappa shape index (κ3) is 2.48. The van der Waals surface area contributed by atoms with Crippen molar-refractivity contribution in [1.29, 1.82) is 0 Å². The maximum absolute atomic E-state index is 13.8. The van der Waals surface area contributed by atoms with Crippen LogP contribution in [0.4, 0.5) is 5.69 Å². The first kappa shape index (κ1) is 19.1. The van der Waals surface area contributed by atoms with Gasteiger partial charge in [-0.2, -0.15) is 0 Å². The highest BCUT2D eigenvalue weighted by atomic mass is 35.5. The van der Waals surface area contributed by atoms with Gasteiger partial charge in [-0.3, -0.25) is 9.59 Å². The molecule has 5 heteroatoms. The largest absolute Gasteiger partial charge is 0.274 e. The standard InChI is InChI=1S/C26H19Cl2NO2/c1-2-13-7-9-17-18(11-13)22-16-6-4-3-5-15(16)21(17)23-24(22)26(31)29(25(23)30)20-10-8-14(27)12-19(20)28/h3-12,21-24H,2H2,1H3/t21-,22-,23+,24-/m1/s1. The van der Waals surface area contributed by atoms with Gasteiger partial charge in [-0.15, -0.1) is 0 Å². The lowest BCUT2D eigenvalue weighted by atomic mass is 9.55. The quantitative estimate of drug-likeness (QED) is 0.454. The molecule has 1 saturated heterocycles. The van der Waals surface area contributed by atoms with Crippen LogP contribution in [0.3, 0.4) is 0 Å². The lowest BCUT2D eigenvalue weighted by molar-refractivity contribution is -0.122. The second-order valence-corrected chi connectivity index (χ2v) is 9.40. The normalized spacial score (nSPS) is 25.5. The Hall–Kier alpha value is -2.62. The maximum atomic E-state index is 13.8. The number of nitrogens with zero attached hydrogens (tertiary/aromatic N) is 1. The number of anilines is 1. The zero-order chi connectivity index (χ0) is 21.4. The van der Waals surface area contributed by atoms with Gasteiger partial charge in [-0.25, -0.2) is 4.90 Å². The van der Waals surface area contributed by atoms with Crippen molar-refractivity contribution in [2.45, 2.75) is 25.2 Å². The van der Waals surface area contributed by atoms with E-state index < -0.39 is 11.8 Å². The summed E-state index contributed by atoms with van der Waals surface area (Å²) in [4.78, 5) is 28.8. The zero-order valence-corrected chi connectivity index (χ0v) is 18.3. The van der Waals surface area contributed by atoms with Gasteiger partial charge in [-0.1, -0.05) is 72.6 Å². The minimum absolute atomic E-state index is 0.125. The number of carbonyl (C=O) groups is 2. The molecular weight excluding hydrogens is 429 g/mol. The number of rotatable bonds is 2. The van der Waals surface area contributed by atoms with Crippen molar-refractivity contribution in [3.05, 3.63) is 98.5 Å². The molecule has 3 aromatic rings. The number of amides is 2. The molecule has 4 atom stereocenters. The van der Waals surface area contributed by atoms with E-state index in [9.17, 15) is 9.59 Å². The molecule has 2 amide bonds. The minimum Gasteiger partial charge on any atom is -0.274 e. The van der Waals surface area contributed by atoms with Crippen LogP contribution < -0.4 is 4.90 Å². The van der Waals surface area contributed by atoms with Crippen LogP contribution in [0.1, 0.15) is 46.6 Å². The van der Waals surface area contributed by atoms with Crippen LogP contribution in [-0.4, -0.2) is 11.8 Å². The molecule has 0 saturated carbocycles. The Morgan fingerprint density at radius 3 is 2.00 bits per heavy atom. The van der Waals surface area contributed by atoms with E-state index in [1.165, 1.54) is 27.2 Å². The zero-order valence-electron chi connectivity index (χ0n) is 16.8. The monoisotopic (exact) mass is 447 g/mol. The average molecular weight is 448 g/mol. The van der Waals surface area contributed by atoms with Crippen LogP contribution in [-0.2, 0) is 16.0 Å². The van der Waals surface area contributed by atoms with E-state index in [0.717, 1.165) is 12.0 Å². The number of hydrogen-bond acceptors (Lipinski definition) is 2. The van der Waals surface area contributed by atoms with Crippen molar-refractivity contribution in [2.75, 3.05) is 4.90 Å². The number of imide groups is 1. The molecule has 1 fully saturated rings. The third-order valence-electron chi connectivity index (χ3n) is 7.16. The third-order valence-corrected chi connectivity index (χ3v) is 7.70. The van der Waals surface area contributed by atoms with Gasteiger partial charge in [0.25, 0.3) is 0 Å². The van der Waals surface area contributed by atoms with Crippen molar-refractivity contribution in [3.8, 4) is 0 Å². The number of halogens is 2. The van der Waals surface area contributed by atoms with Gasteiger partial charge < -0.3 is 0 Å². The Kier molecular flexibility index (Phi) is 4.12. The smallest absolute Gasteiger partial charge is 0.238 e. The highest BCUT2D eigenvalue weighted by Crippen LogP contribution is 2.61. The summed E-state index contributed by atoms with van der Waals surface area (Å²) in [6, 6.07) is 19.7. The summed E-state index contributed by atoms with van der Waals surface area (Å²) in [5, 5.41) is 0.778. The summed E-state index contributed by atoms with van der Waals surface area (Å²) in [7, 11) is 0. The van der Waals surface area contributed by atoms with Crippen LogP contribution in [0.5, 0.6) is 0 Å². The second-order valence-electron chi connectivity index (χ2n) is 8.56. The molecule has 1 heterocycles. The fourth-order valence-corrected chi connectivity index (χ4v) is 6.39. The van der Waals surface area contributed by atoms with E-state index in [2.05, 4.69) is 37.3 Å². The lowest BCUT2D eigenvalue weighted by Gasteiger charge is -2.46. The molecule has 31 heavy (non-hydrogen) atoms. The predicted molar refractivity (Wildman–Crippen MR) is 122 cm³/mol. The summed E-state index contributed by atoms with van der Waals surface area (Å²) in [5.74, 6) is -1.43. The summed E-state index contributed by atoms with van der Waals surface area (Å²) in [6.07, 6.45) is 0.930. The van der Waals surface area contributed by atoms with Gasteiger partial charge in [0.05, 0.1) is 22.5 Å². The number of benzene rings is 3. The molecule has 3 aromatic carbocycles. The SMILES string of the molecule is CCc1ccc2c(c1)[C@H]1c3ccccc3[C@H]2[C@@H]2C(=O)N(c3ccc(Cl)cc3Cl)C(=O)[C@H]12. The Morgan fingerprint density at radius 1 is 0.774 bits per heavy atom. The number of aryl methyl sites for hydroxylation is 1. The molecule has 4 aliphatic rings. The van der Waals surface area contributed by atoms with Gasteiger partial charge in [0.1, 0.15) is 0 Å². The molecule has 1 aliphatic heterocycles. The van der Waals surface area contributed by atoms with E-state index in [0.29, 0.717) is 15.7 Å². The highest BCUT2D eigenvalue weighted by Gasteiger charge is 2.62. The Bertz CT molecular complexity index is 1280. The summed E-state index contributed by atoms with van der Waals surface area (Å²) >= 11 is 12.5. The van der Waals surface area contributed by atoms with E-state index in [1.807, 2.05) is 12.1 Å². The van der Waals surface area contributed by atoms with Gasteiger partial charge in [0.15, 0.2) is 0 Å². The van der Waals surface area contributed by atoms with Crippen LogP contribution in [0, 0.1) is 11.8 Å². The van der Waals surface area contributed by atoms with Gasteiger partial charge in [-0.05, 0) is 52.4 Å². The maximum Gasteiger partial charge on any atom is 0.238 e. The molecule has 0 aromatic heterocycles. The first-order valence-electron chi connectivity index (χ1n) is 10.6. The van der Waals surface area contributed by atoms with Crippen LogP contribution in [0.25, 0.3) is 0 Å². The van der Waals surface area contributed by atoms with Crippen molar-refractivity contribution in [2.24, 2.45) is 11.8 Å². The summed E-state index contributed by atoms with van der Waals surface area (Å²) in [5.41, 5.74) is 6.35. The fourth-order valence-electron chi connectivity index (χ4n) is 5.90. The molecule has 154 valence electrons. The van der Waals surface area contributed by atoms with Crippen LogP contribution in [0.15, 0.2) is 60.7 Å². The van der Waals surface area contributed by atoms with E-state index >= 15 is 0 Å². The molecule has 0 unspecified atom stereocenters. The first-order chi connectivity index (χ1) is 15.0. The Labute approximate surface area is 190 Å². The molecule has 7 rings (SSSR count). The Balaban J connectivity index is 1.57. The lowest BCUT2D eigenvalue weighted by Crippen LogP contribution is -2.41. The molecule has 0 N–H and O–H groups in total. The van der Waals surface area contributed by atoms with Gasteiger partial charge >= 0.3 is 0 Å². The molecule has 0 spiro atoms. The van der Waals surface area contributed by atoms with Crippen LogP contribution in [0.2, 0.25) is 10.0 Å². The summed E-state index contributed by atoms with van der Waals surface area (Å²) in [6.45, 7) is 2.13. The van der Waals surface area contributed by atoms with Crippen molar-refractivity contribution in [1.82, 2.24) is 0 Å². The molecule has 3 aliphatic carbocycles. The van der Waals surface area contributed by atoms with Crippen molar-refractivity contribution in [3.63, 3.8) is 0 Å². The highest BCUT2D eigenvalue weighted by molar-refractivity contribution is 6.38. The average Bonchev–Trinajstić information content (AvgIpc) is 3.04. The van der Waals surface area contributed by atoms with Gasteiger partial charge in [0.2, 0.25) is 11.8 Å². The van der Waals surface area contributed by atoms with E-state index in [4.69, 9.17) is 23.2 Å². The molecular formula is C26H19Cl2NO2. The fraction of sp³-hybridized carbons (Fsp3) is 0.231. The first-order valence-corrected chi connectivity index (χ1v) is 11.3. The molecule has 0 radical (unpaired) electrons. The van der Waals surface area contributed by atoms with E-state index in [-0.39, 0.29) is 23.7 Å². The topological polar surface area (TPSA) is 37.4 Å². The predicted octanol–water partition coefficient (Wildman–Crippen LogP) is 5.95. The molecule has 2 bridgehead atoms. The van der Waals surface area contributed by atoms with Crippen molar-refractivity contribution >= 4 is 40.7 Å². The van der Waals surface area contributed by atoms with Gasteiger partial charge in [0, 0.05) is 16.9 Å². The van der Waals surface area contributed by atoms with Crippen LogP contribution >= 0.6 is 23.2 Å². The van der Waals surface area contributed by atoms with E-state index in [1.54, 1.807) is 18.2 Å². The minimum atomic E-state index is -0.418. The molecule has 3 nitrogen and oxygen atoms in total. The van der Waals surface area contributed by atoms with Crippen molar-refractivity contribution < 1.29 is 9.59 Å². The Morgan fingerprint density at radius 2 is 1.39 bits per heavy atom. The number of hydrogen-bond donors (Lipinski definition) is 0. The summed E-state index contributed by atoms with van der Waals surface area (Å²) < 4.78 is 0. The second kappa shape index (κ2) is 6.69. The number of carbonyl (C=O) groups excluding carboxylic acids is 2.